The Morgan fingerprint density at radius 3 is 1.38 bits per heavy atom. The van der Waals surface area contributed by atoms with Crippen LogP contribution in [0.4, 0.5) is 0 Å². The van der Waals surface area contributed by atoms with E-state index in [4.69, 9.17) is 0 Å². The highest BCUT2D eigenvalue weighted by atomic mass is 15.7. The largest absolute Gasteiger partial charge is 0.241 e. The van der Waals surface area contributed by atoms with Crippen LogP contribution in [0.15, 0.2) is 0 Å². The van der Waals surface area contributed by atoms with Crippen LogP contribution in [0.5, 0.6) is 0 Å². The Labute approximate surface area is 215 Å². The first-order valence-corrected chi connectivity index (χ1v) is 16.3. The second kappa shape index (κ2) is 16.6. The summed E-state index contributed by atoms with van der Waals surface area (Å²) in [5.41, 5.74) is 0. The molecule has 3 fully saturated rings. The maximum absolute atomic E-state index is 3.04. The summed E-state index contributed by atoms with van der Waals surface area (Å²) in [6.07, 6.45) is 35.1. The highest BCUT2D eigenvalue weighted by Crippen LogP contribution is 2.44. The van der Waals surface area contributed by atoms with E-state index >= 15 is 0 Å². The van der Waals surface area contributed by atoms with Gasteiger partial charge in [0.05, 0.1) is 0 Å². The molecular formula is C32H62N2. The van der Waals surface area contributed by atoms with E-state index in [-0.39, 0.29) is 0 Å². The first-order chi connectivity index (χ1) is 16.8. The molecule has 0 spiro atoms. The predicted molar refractivity (Wildman–Crippen MR) is 150 cm³/mol. The second-order valence-corrected chi connectivity index (χ2v) is 12.5. The molecule has 3 aliphatic rings. The van der Waals surface area contributed by atoms with Crippen LogP contribution in [0.3, 0.4) is 0 Å². The lowest BCUT2D eigenvalue weighted by atomic mass is 9.77. The van der Waals surface area contributed by atoms with Gasteiger partial charge in [-0.2, -0.15) is 0 Å². The monoisotopic (exact) mass is 474 g/mol. The Kier molecular flexibility index (Phi) is 13.9. The van der Waals surface area contributed by atoms with Crippen molar-refractivity contribution in [2.75, 3.05) is 7.05 Å². The minimum absolute atomic E-state index is 0.798. The molecule has 2 aliphatic carbocycles. The minimum atomic E-state index is 0.798. The van der Waals surface area contributed by atoms with Crippen LogP contribution in [0.1, 0.15) is 168 Å². The highest BCUT2D eigenvalue weighted by Gasteiger charge is 2.49. The third-order valence-corrected chi connectivity index (χ3v) is 9.86. The summed E-state index contributed by atoms with van der Waals surface area (Å²) in [5, 5.41) is 5.94. The van der Waals surface area contributed by atoms with Crippen LogP contribution in [-0.2, 0) is 0 Å². The number of hydrazine groups is 1. The van der Waals surface area contributed by atoms with Crippen molar-refractivity contribution in [3.05, 3.63) is 0 Å². The molecule has 0 amide bonds. The van der Waals surface area contributed by atoms with Crippen molar-refractivity contribution in [1.82, 2.24) is 10.0 Å². The molecule has 1 saturated heterocycles. The third-order valence-electron chi connectivity index (χ3n) is 9.86. The van der Waals surface area contributed by atoms with Gasteiger partial charge in [0.1, 0.15) is 0 Å². The van der Waals surface area contributed by atoms with Gasteiger partial charge in [-0.15, -0.1) is 0 Å². The Balaban J connectivity index is 1.81. The number of hydrogen-bond acceptors (Lipinski definition) is 2. The van der Waals surface area contributed by atoms with Crippen molar-refractivity contribution >= 4 is 0 Å². The van der Waals surface area contributed by atoms with E-state index in [2.05, 4.69) is 30.9 Å². The van der Waals surface area contributed by atoms with E-state index in [0.717, 1.165) is 30.0 Å². The molecule has 1 aliphatic heterocycles. The van der Waals surface area contributed by atoms with Crippen molar-refractivity contribution in [3.8, 4) is 0 Å². The molecular weight excluding hydrogens is 412 g/mol. The quantitative estimate of drug-likeness (QED) is 0.378. The molecule has 0 aromatic carbocycles. The Bertz CT molecular complexity index is 437. The van der Waals surface area contributed by atoms with Crippen molar-refractivity contribution in [3.63, 3.8) is 0 Å². The summed E-state index contributed by atoms with van der Waals surface area (Å²) in [5.74, 6) is 1.81. The molecule has 0 aromatic heterocycles. The Morgan fingerprint density at radius 2 is 0.941 bits per heavy atom. The maximum atomic E-state index is 3.04. The van der Waals surface area contributed by atoms with E-state index < -0.39 is 0 Å². The van der Waals surface area contributed by atoms with E-state index in [9.17, 15) is 0 Å². The molecule has 2 nitrogen and oxygen atoms in total. The average molecular weight is 475 g/mol. The van der Waals surface area contributed by atoms with E-state index in [0.29, 0.717) is 0 Å². The van der Waals surface area contributed by atoms with E-state index in [1.54, 1.807) is 0 Å². The van der Waals surface area contributed by atoms with Crippen LogP contribution < -0.4 is 0 Å². The molecule has 3 unspecified atom stereocenters. The van der Waals surface area contributed by atoms with Crippen LogP contribution in [0.2, 0.25) is 0 Å². The number of hydrogen-bond donors (Lipinski definition) is 0. The fraction of sp³-hybridized carbons (Fsp3) is 1.00. The fourth-order valence-corrected chi connectivity index (χ4v) is 8.20. The third kappa shape index (κ3) is 8.50. The zero-order valence-corrected chi connectivity index (χ0v) is 23.8. The van der Waals surface area contributed by atoms with Crippen molar-refractivity contribution < 1.29 is 0 Å². The zero-order valence-electron chi connectivity index (χ0n) is 23.8. The molecule has 34 heavy (non-hydrogen) atoms. The maximum Gasteiger partial charge on any atom is 0.0314 e. The van der Waals surface area contributed by atoms with Gasteiger partial charge in [0.25, 0.3) is 0 Å². The lowest BCUT2D eigenvalue weighted by Crippen LogP contribution is -2.49. The molecule has 1 heterocycles. The summed E-state index contributed by atoms with van der Waals surface area (Å²) in [6, 6.07) is 2.40. The summed E-state index contributed by atoms with van der Waals surface area (Å²) in [4.78, 5) is 0. The summed E-state index contributed by atoms with van der Waals surface area (Å²) in [6.45, 7) is 4.90. The van der Waals surface area contributed by atoms with Gasteiger partial charge in [-0.25, -0.2) is 10.0 Å². The zero-order chi connectivity index (χ0) is 24.0. The molecule has 200 valence electrons. The van der Waals surface area contributed by atoms with Crippen molar-refractivity contribution in [2.24, 2.45) is 11.8 Å². The molecule has 2 saturated carbocycles. The second-order valence-electron chi connectivity index (χ2n) is 12.5. The van der Waals surface area contributed by atoms with Gasteiger partial charge in [0, 0.05) is 25.2 Å². The topological polar surface area (TPSA) is 6.48 Å². The highest BCUT2D eigenvalue weighted by molar-refractivity contribution is 4.99. The molecule has 3 rings (SSSR count). The van der Waals surface area contributed by atoms with Gasteiger partial charge in [0.2, 0.25) is 0 Å². The molecule has 3 atom stereocenters. The van der Waals surface area contributed by atoms with Crippen molar-refractivity contribution in [2.45, 2.75) is 186 Å². The summed E-state index contributed by atoms with van der Waals surface area (Å²) in [7, 11) is 2.54. The van der Waals surface area contributed by atoms with Gasteiger partial charge >= 0.3 is 0 Å². The average Bonchev–Trinajstić information content (AvgIpc) is 3.05. The molecule has 2 heteroatoms. The Hall–Kier alpha value is -0.0800. The van der Waals surface area contributed by atoms with Gasteiger partial charge in [-0.3, -0.25) is 0 Å². The SMILES string of the molecule is CCCC1C(C2CCCCCCCCCC2)N(C)N(C2CCCCCCCCCC2)C1CCC. The predicted octanol–water partition coefficient (Wildman–Crippen LogP) is 9.92. The number of rotatable bonds is 6. The lowest BCUT2D eigenvalue weighted by molar-refractivity contribution is -0.0615. The molecule has 0 radical (unpaired) electrons. The van der Waals surface area contributed by atoms with Crippen molar-refractivity contribution in [1.29, 1.82) is 0 Å². The first kappa shape index (κ1) is 28.5. The van der Waals surface area contributed by atoms with Crippen LogP contribution in [0, 0.1) is 11.8 Å². The van der Waals surface area contributed by atoms with E-state index in [1.165, 1.54) is 154 Å². The van der Waals surface area contributed by atoms with Crippen LogP contribution in [-0.4, -0.2) is 35.2 Å². The summed E-state index contributed by atoms with van der Waals surface area (Å²) >= 11 is 0. The normalized spacial score (nSPS) is 31.7. The summed E-state index contributed by atoms with van der Waals surface area (Å²) < 4.78 is 0. The standard InChI is InChI=1S/C32H62N2/c1-4-22-30-31(23-5-2)34(29-26-20-16-12-8-9-13-17-21-27-29)33(3)32(30)28-24-18-14-10-6-7-11-15-19-25-28/h28-32H,4-27H2,1-3H3. The van der Waals surface area contributed by atoms with Gasteiger partial charge in [-0.05, 0) is 50.4 Å². The van der Waals surface area contributed by atoms with Gasteiger partial charge in [0.15, 0.2) is 0 Å². The van der Waals surface area contributed by atoms with Crippen LogP contribution in [0.25, 0.3) is 0 Å². The Morgan fingerprint density at radius 1 is 0.529 bits per heavy atom. The minimum Gasteiger partial charge on any atom is -0.241 e. The first-order valence-electron chi connectivity index (χ1n) is 16.3. The van der Waals surface area contributed by atoms with E-state index in [1.807, 2.05) is 0 Å². The molecule has 0 bridgehead atoms. The van der Waals surface area contributed by atoms with Crippen LogP contribution >= 0.6 is 0 Å². The lowest BCUT2D eigenvalue weighted by Gasteiger charge is -2.40. The van der Waals surface area contributed by atoms with Gasteiger partial charge < -0.3 is 0 Å². The number of nitrogens with zero attached hydrogens (tertiary/aromatic N) is 2. The smallest absolute Gasteiger partial charge is 0.0314 e. The molecule has 0 N–H and O–H groups in total. The fourth-order valence-electron chi connectivity index (χ4n) is 8.20. The van der Waals surface area contributed by atoms with Gasteiger partial charge in [-0.1, -0.05) is 129 Å². The molecule has 0 aromatic rings.